The molecule has 0 aliphatic rings. The van der Waals surface area contributed by atoms with Crippen LogP contribution in [0.15, 0.2) is 41.3 Å². The zero-order chi connectivity index (χ0) is 12.4. The number of fused-ring (bicyclic) bond motifs is 1. The molecule has 2 aromatic heterocycles. The topological polar surface area (TPSA) is 51.8 Å². The highest BCUT2D eigenvalue weighted by molar-refractivity contribution is 6.17. The van der Waals surface area contributed by atoms with Gasteiger partial charge in [-0.25, -0.2) is 15.0 Å². The first-order valence-corrected chi connectivity index (χ1v) is 6.12. The largest absolute Gasteiger partial charge is 0.443 e. The summed E-state index contributed by atoms with van der Waals surface area (Å²) in [5.74, 6) is 1.27. The van der Waals surface area contributed by atoms with Crippen molar-refractivity contribution < 1.29 is 4.42 Å². The van der Waals surface area contributed by atoms with E-state index in [0.717, 1.165) is 28.2 Å². The van der Waals surface area contributed by atoms with E-state index in [-0.39, 0.29) is 0 Å². The molecule has 0 amide bonds. The van der Waals surface area contributed by atoms with Crippen LogP contribution in [0.1, 0.15) is 5.82 Å². The van der Waals surface area contributed by atoms with Crippen LogP contribution >= 0.6 is 11.6 Å². The van der Waals surface area contributed by atoms with Crippen LogP contribution in [0, 0.1) is 0 Å². The summed E-state index contributed by atoms with van der Waals surface area (Å²) >= 11 is 5.69. The fourth-order valence-electron chi connectivity index (χ4n) is 1.78. The number of hydrogen-bond donors (Lipinski definition) is 0. The van der Waals surface area contributed by atoms with E-state index in [9.17, 15) is 0 Å². The molecule has 0 spiro atoms. The highest BCUT2D eigenvalue weighted by atomic mass is 35.5. The Kier molecular flexibility index (Phi) is 2.94. The summed E-state index contributed by atoms with van der Waals surface area (Å²) in [7, 11) is 0. The number of oxazole rings is 1. The number of alkyl halides is 1. The Labute approximate surface area is 109 Å². The molecule has 3 aromatic rings. The summed E-state index contributed by atoms with van der Waals surface area (Å²) in [5, 5.41) is 0. The molecule has 18 heavy (non-hydrogen) atoms. The zero-order valence-corrected chi connectivity index (χ0v) is 10.3. The molecule has 1 aromatic carbocycles. The third-order valence-corrected chi connectivity index (χ3v) is 2.84. The van der Waals surface area contributed by atoms with Crippen molar-refractivity contribution in [2.75, 3.05) is 5.88 Å². The van der Waals surface area contributed by atoms with Gasteiger partial charge < -0.3 is 4.42 Å². The van der Waals surface area contributed by atoms with E-state index in [0.29, 0.717) is 12.3 Å². The molecule has 0 bridgehead atoms. The van der Waals surface area contributed by atoms with Crippen molar-refractivity contribution in [3.8, 4) is 11.3 Å². The molecule has 0 saturated carbocycles. The Morgan fingerprint density at radius 1 is 1.17 bits per heavy atom. The fourth-order valence-corrected chi connectivity index (χ4v) is 1.95. The summed E-state index contributed by atoms with van der Waals surface area (Å²) in [6.07, 6.45) is 3.85. The smallest absolute Gasteiger partial charge is 0.181 e. The quantitative estimate of drug-likeness (QED) is 0.679. The molecular formula is C13H10ClN3O. The lowest BCUT2D eigenvalue weighted by molar-refractivity contribution is 0.602. The molecule has 2 heterocycles. The monoisotopic (exact) mass is 259 g/mol. The van der Waals surface area contributed by atoms with Crippen molar-refractivity contribution in [1.82, 2.24) is 15.0 Å². The van der Waals surface area contributed by atoms with Gasteiger partial charge in [0.2, 0.25) is 0 Å². The van der Waals surface area contributed by atoms with Gasteiger partial charge >= 0.3 is 0 Å². The minimum absolute atomic E-state index is 0.518. The van der Waals surface area contributed by atoms with Crippen molar-refractivity contribution in [2.24, 2.45) is 0 Å². The SMILES string of the molecule is ClCCc1nccc(-c2ccc3ncoc3c2)n1. The molecule has 0 N–H and O–H groups in total. The molecular weight excluding hydrogens is 250 g/mol. The van der Waals surface area contributed by atoms with Gasteiger partial charge in [0, 0.05) is 24.1 Å². The van der Waals surface area contributed by atoms with Gasteiger partial charge in [-0.15, -0.1) is 11.6 Å². The number of aromatic nitrogens is 3. The zero-order valence-electron chi connectivity index (χ0n) is 9.51. The maximum Gasteiger partial charge on any atom is 0.181 e. The minimum Gasteiger partial charge on any atom is -0.443 e. The highest BCUT2D eigenvalue weighted by Crippen LogP contribution is 2.22. The van der Waals surface area contributed by atoms with Crippen molar-refractivity contribution in [3.05, 3.63) is 42.7 Å². The van der Waals surface area contributed by atoms with Crippen LogP contribution in [0.3, 0.4) is 0 Å². The number of hydrogen-bond acceptors (Lipinski definition) is 4. The maximum absolute atomic E-state index is 5.69. The Bertz CT molecular complexity index is 681. The van der Waals surface area contributed by atoms with Gasteiger partial charge in [-0.05, 0) is 18.2 Å². The number of halogens is 1. The Hall–Kier alpha value is -1.94. The fraction of sp³-hybridized carbons (Fsp3) is 0.154. The normalized spacial score (nSPS) is 10.9. The van der Waals surface area contributed by atoms with Crippen molar-refractivity contribution in [3.63, 3.8) is 0 Å². The van der Waals surface area contributed by atoms with Gasteiger partial charge in [-0.3, -0.25) is 0 Å². The first-order chi connectivity index (χ1) is 8.86. The number of nitrogens with zero attached hydrogens (tertiary/aromatic N) is 3. The Morgan fingerprint density at radius 2 is 2.11 bits per heavy atom. The van der Waals surface area contributed by atoms with Crippen LogP contribution in [-0.2, 0) is 6.42 Å². The Balaban J connectivity index is 2.04. The van der Waals surface area contributed by atoms with Crippen molar-refractivity contribution in [2.45, 2.75) is 6.42 Å². The molecule has 3 rings (SSSR count). The van der Waals surface area contributed by atoms with Crippen molar-refractivity contribution in [1.29, 1.82) is 0 Å². The second-order valence-corrected chi connectivity index (χ2v) is 4.21. The van der Waals surface area contributed by atoms with Crippen molar-refractivity contribution >= 4 is 22.7 Å². The van der Waals surface area contributed by atoms with Crippen LogP contribution in [0.5, 0.6) is 0 Å². The highest BCUT2D eigenvalue weighted by Gasteiger charge is 2.05. The summed E-state index contributed by atoms with van der Waals surface area (Å²) < 4.78 is 5.28. The van der Waals surface area contributed by atoms with Crippen LogP contribution in [0.2, 0.25) is 0 Å². The lowest BCUT2D eigenvalue weighted by atomic mass is 10.1. The van der Waals surface area contributed by atoms with E-state index >= 15 is 0 Å². The molecule has 90 valence electrons. The molecule has 0 fully saturated rings. The van der Waals surface area contributed by atoms with Gasteiger partial charge in [0.1, 0.15) is 11.3 Å². The van der Waals surface area contributed by atoms with Gasteiger partial charge in [-0.2, -0.15) is 0 Å². The predicted molar refractivity (Wildman–Crippen MR) is 69.5 cm³/mol. The summed E-state index contributed by atoms with van der Waals surface area (Å²) in [6, 6.07) is 7.68. The molecule has 5 heteroatoms. The molecule has 0 unspecified atom stereocenters. The van der Waals surface area contributed by atoms with E-state index in [1.165, 1.54) is 6.39 Å². The Morgan fingerprint density at radius 3 is 3.00 bits per heavy atom. The first kappa shape index (κ1) is 11.2. The predicted octanol–water partition coefficient (Wildman–Crippen LogP) is 3.07. The third kappa shape index (κ3) is 2.07. The lowest BCUT2D eigenvalue weighted by Gasteiger charge is -2.02. The summed E-state index contributed by atoms with van der Waals surface area (Å²) in [6.45, 7) is 0. The van der Waals surface area contributed by atoms with Gasteiger partial charge in [-0.1, -0.05) is 6.07 Å². The van der Waals surface area contributed by atoms with Gasteiger partial charge in [0.05, 0.1) is 5.69 Å². The number of benzene rings is 1. The van der Waals surface area contributed by atoms with Gasteiger partial charge in [0.25, 0.3) is 0 Å². The second-order valence-electron chi connectivity index (χ2n) is 3.83. The summed E-state index contributed by atoms with van der Waals surface area (Å²) in [5.41, 5.74) is 3.44. The first-order valence-electron chi connectivity index (χ1n) is 5.58. The van der Waals surface area contributed by atoms with E-state index in [1.54, 1.807) is 6.20 Å². The molecule has 0 aliphatic heterocycles. The second kappa shape index (κ2) is 4.74. The van der Waals surface area contributed by atoms with E-state index < -0.39 is 0 Å². The minimum atomic E-state index is 0.518. The third-order valence-electron chi connectivity index (χ3n) is 2.65. The van der Waals surface area contributed by atoms with Crippen LogP contribution in [-0.4, -0.2) is 20.8 Å². The number of rotatable bonds is 3. The standard InChI is InChI=1S/C13H10ClN3O/c14-5-3-13-15-6-4-10(17-13)9-1-2-11-12(7-9)18-8-16-11/h1-2,4,6-8H,3,5H2. The average Bonchev–Trinajstić information content (AvgIpc) is 2.86. The van der Waals surface area contributed by atoms with Crippen LogP contribution < -0.4 is 0 Å². The molecule has 0 atom stereocenters. The average molecular weight is 260 g/mol. The molecule has 0 radical (unpaired) electrons. The van der Waals surface area contributed by atoms with E-state index in [2.05, 4.69) is 15.0 Å². The van der Waals surface area contributed by atoms with Crippen LogP contribution in [0.4, 0.5) is 0 Å². The maximum atomic E-state index is 5.69. The lowest BCUT2D eigenvalue weighted by Crippen LogP contribution is -1.96. The summed E-state index contributed by atoms with van der Waals surface area (Å²) in [4.78, 5) is 12.7. The van der Waals surface area contributed by atoms with E-state index in [1.807, 2.05) is 24.3 Å². The molecule has 0 saturated heterocycles. The van der Waals surface area contributed by atoms with Gasteiger partial charge in [0.15, 0.2) is 12.0 Å². The van der Waals surface area contributed by atoms with Crippen LogP contribution in [0.25, 0.3) is 22.4 Å². The molecule has 4 nitrogen and oxygen atoms in total. The number of aryl methyl sites for hydroxylation is 1. The molecule has 0 aliphatic carbocycles. The van der Waals surface area contributed by atoms with E-state index in [4.69, 9.17) is 16.0 Å².